The number of benzene rings is 2. The Hall–Kier alpha value is -2.12. The molecule has 0 amide bonds. The maximum Gasteiger partial charge on any atom is 0.305 e. The Labute approximate surface area is 131 Å². The van der Waals surface area contributed by atoms with E-state index in [0.717, 1.165) is 22.5 Å². The highest BCUT2D eigenvalue weighted by atomic mass is 32.2. The van der Waals surface area contributed by atoms with Gasteiger partial charge in [-0.05, 0) is 49.2 Å². The molecule has 0 aliphatic carbocycles. The number of aromatic nitrogens is 1. The highest BCUT2D eigenvalue weighted by Crippen LogP contribution is 2.24. The van der Waals surface area contributed by atoms with E-state index in [0.29, 0.717) is 15.9 Å². The van der Waals surface area contributed by atoms with Gasteiger partial charge in [-0.15, -0.1) is 0 Å². The number of aryl methyl sites for hydroxylation is 1. The highest BCUT2D eigenvalue weighted by molar-refractivity contribution is 7.92. The molecule has 3 aromatic rings. The van der Waals surface area contributed by atoms with E-state index in [2.05, 4.69) is 9.71 Å². The molecule has 0 unspecified atom stereocenters. The van der Waals surface area contributed by atoms with Gasteiger partial charge in [0.1, 0.15) is 0 Å². The molecule has 0 spiro atoms. The minimum atomic E-state index is -3.69. The van der Waals surface area contributed by atoms with E-state index >= 15 is 0 Å². The average Bonchev–Trinajstić information content (AvgIpc) is 2.82. The molecular formula is C15H14N2O3S2. The summed E-state index contributed by atoms with van der Waals surface area (Å²) < 4.78 is 28.3. The molecule has 7 heteroatoms. The summed E-state index contributed by atoms with van der Waals surface area (Å²) in [5.74, 6) is 0. The quantitative estimate of drug-likeness (QED) is 0.773. The normalized spacial score (nSPS) is 11.7. The van der Waals surface area contributed by atoms with Crippen molar-refractivity contribution < 1.29 is 8.42 Å². The van der Waals surface area contributed by atoms with Gasteiger partial charge in [0.2, 0.25) is 0 Å². The van der Waals surface area contributed by atoms with Crippen molar-refractivity contribution in [3.8, 4) is 0 Å². The molecule has 2 N–H and O–H groups in total. The molecule has 0 saturated heterocycles. The lowest BCUT2D eigenvalue weighted by atomic mass is 10.1. The van der Waals surface area contributed by atoms with Gasteiger partial charge in [-0.2, -0.15) is 0 Å². The predicted octanol–water partition coefficient (Wildman–Crippen LogP) is 3.01. The number of rotatable bonds is 3. The molecule has 2 aromatic carbocycles. The molecule has 0 saturated carbocycles. The summed E-state index contributed by atoms with van der Waals surface area (Å²) in [5.41, 5.74) is 3.10. The standard InChI is InChI=1S/C15H14N2O3S2/c1-9-4-3-5-12(10(9)2)17-22(19,20)11-6-7-13-14(8-11)21-15(18)16-13/h3-8,17H,1-2H3,(H,16,18). The van der Waals surface area contributed by atoms with Crippen molar-refractivity contribution in [2.24, 2.45) is 0 Å². The molecule has 0 fully saturated rings. The van der Waals surface area contributed by atoms with Gasteiger partial charge in [0.15, 0.2) is 0 Å². The topological polar surface area (TPSA) is 79.0 Å². The monoisotopic (exact) mass is 334 g/mol. The van der Waals surface area contributed by atoms with Gasteiger partial charge in [0, 0.05) is 0 Å². The Kier molecular flexibility index (Phi) is 3.54. The highest BCUT2D eigenvalue weighted by Gasteiger charge is 2.16. The number of H-pyrrole nitrogens is 1. The second-order valence-electron chi connectivity index (χ2n) is 5.03. The molecule has 0 radical (unpaired) electrons. The zero-order chi connectivity index (χ0) is 15.9. The average molecular weight is 334 g/mol. The lowest BCUT2D eigenvalue weighted by Gasteiger charge is -2.12. The van der Waals surface area contributed by atoms with Crippen LogP contribution >= 0.6 is 11.3 Å². The Morgan fingerprint density at radius 1 is 1.14 bits per heavy atom. The Balaban J connectivity index is 2.04. The fourth-order valence-corrected chi connectivity index (χ4v) is 4.16. The number of fused-ring (bicyclic) bond motifs is 1. The van der Waals surface area contributed by atoms with Crippen LogP contribution in [0.2, 0.25) is 0 Å². The van der Waals surface area contributed by atoms with Gasteiger partial charge in [-0.3, -0.25) is 9.52 Å². The first kappa shape index (κ1) is 14.8. The van der Waals surface area contributed by atoms with E-state index in [1.54, 1.807) is 18.2 Å². The van der Waals surface area contributed by atoms with Crippen LogP contribution in [0.1, 0.15) is 11.1 Å². The van der Waals surface area contributed by atoms with Crippen molar-refractivity contribution in [3.63, 3.8) is 0 Å². The molecule has 5 nitrogen and oxygen atoms in total. The smallest absolute Gasteiger partial charge is 0.305 e. The molecule has 22 heavy (non-hydrogen) atoms. The number of hydrogen-bond donors (Lipinski definition) is 2. The molecule has 1 heterocycles. The summed E-state index contributed by atoms with van der Waals surface area (Å²) in [6.07, 6.45) is 0. The largest absolute Gasteiger partial charge is 0.312 e. The fourth-order valence-electron chi connectivity index (χ4n) is 2.16. The van der Waals surface area contributed by atoms with Gasteiger partial charge >= 0.3 is 4.87 Å². The molecule has 0 aliphatic heterocycles. The number of hydrogen-bond acceptors (Lipinski definition) is 4. The second kappa shape index (κ2) is 5.26. The summed E-state index contributed by atoms with van der Waals surface area (Å²) in [6.45, 7) is 3.80. The number of thiazole rings is 1. The SMILES string of the molecule is Cc1cccc(NS(=O)(=O)c2ccc3[nH]c(=O)sc3c2)c1C. The van der Waals surface area contributed by atoms with Gasteiger partial charge < -0.3 is 4.98 Å². The van der Waals surface area contributed by atoms with E-state index in [-0.39, 0.29) is 9.77 Å². The fraction of sp³-hybridized carbons (Fsp3) is 0.133. The number of aromatic amines is 1. The van der Waals surface area contributed by atoms with Crippen LogP contribution in [0, 0.1) is 13.8 Å². The zero-order valence-corrected chi connectivity index (χ0v) is 13.6. The van der Waals surface area contributed by atoms with Crippen LogP contribution in [-0.4, -0.2) is 13.4 Å². The molecule has 0 aliphatic rings. The van der Waals surface area contributed by atoms with Crippen LogP contribution in [0.15, 0.2) is 46.1 Å². The molecule has 1 aromatic heterocycles. The third kappa shape index (κ3) is 2.65. The number of anilines is 1. The van der Waals surface area contributed by atoms with Crippen molar-refractivity contribution >= 4 is 37.3 Å². The van der Waals surface area contributed by atoms with Gasteiger partial charge in [0.25, 0.3) is 10.0 Å². The van der Waals surface area contributed by atoms with E-state index in [1.807, 2.05) is 19.9 Å². The summed E-state index contributed by atoms with van der Waals surface area (Å²) >= 11 is 0.991. The Morgan fingerprint density at radius 2 is 1.91 bits per heavy atom. The number of nitrogens with one attached hydrogen (secondary N) is 2. The van der Waals surface area contributed by atoms with Gasteiger partial charge in [-0.25, -0.2) is 8.42 Å². The molecule has 3 rings (SSSR count). The lowest BCUT2D eigenvalue weighted by molar-refractivity contribution is 0.601. The predicted molar refractivity (Wildman–Crippen MR) is 89.2 cm³/mol. The van der Waals surface area contributed by atoms with Crippen molar-refractivity contribution in [3.05, 3.63) is 57.2 Å². The minimum absolute atomic E-state index is 0.135. The van der Waals surface area contributed by atoms with Crippen LogP contribution in [0.25, 0.3) is 10.2 Å². The molecule has 114 valence electrons. The van der Waals surface area contributed by atoms with Crippen LogP contribution in [0.4, 0.5) is 5.69 Å². The van der Waals surface area contributed by atoms with Crippen molar-refractivity contribution in [1.29, 1.82) is 0 Å². The van der Waals surface area contributed by atoms with Crippen molar-refractivity contribution in [1.82, 2.24) is 4.98 Å². The second-order valence-corrected chi connectivity index (χ2v) is 7.72. The van der Waals surface area contributed by atoms with Crippen molar-refractivity contribution in [2.45, 2.75) is 18.7 Å². The Bertz CT molecular complexity index is 1020. The van der Waals surface area contributed by atoms with E-state index in [4.69, 9.17) is 0 Å². The number of sulfonamides is 1. The summed E-state index contributed by atoms with van der Waals surface area (Å²) in [4.78, 5) is 13.9. The first-order valence-corrected chi connectivity index (χ1v) is 8.89. The van der Waals surface area contributed by atoms with E-state index in [9.17, 15) is 13.2 Å². The summed E-state index contributed by atoms with van der Waals surface area (Å²) in [5, 5.41) is 0. The van der Waals surface area contributed by atoms with Crippen LogP contribution in [0.3, 0.4) is 0 Å². The first-order chi connectivity index (χ1) is 10.4. The summed E-state index contributed by atoms with van der Waals surface area (Å²) in [7, 11) is -3.69. The van der Waals surface area contributed by atoms with Crippen molar-refractivity contribution in [2.75, 3.05) is 4.72 Å². The molecular weight excluding hydrogens is 320 g/mol. The van der Waals surface area contributed by atoms with E-state index in [1.165, 1.54) is 12.1 Å². The third-order valence-corrected chi connectivity index (χ3v) is 5.76. The summed E-state index contributed by atoms with van der Waals surface area (Å²) in [6, 6.07) is 10.1. The maximum absolute atomic E-state index is 12.5. The minimum Gasteiger partial charge on any atom is -0.312 e. The zero-order valence-electron chi connectivity index (χ0n) is 12.0. The van der Waals surface area contributed by atoms with E-state index < -0.39 is 10.0 Å². The van der Waals surface area contributed by atoms with Gasteiger partial charge in [-0.1, -0.05) is 23.5 Å². The third-order valence-electron chi connectivity index (χ3n) is 3.55. The van der Waals surface area contributed by atoms with Crippen LogP contribution in [-0.2, 0) is 10.0 Å². The Morgan fingerprint density at radius 3 is 2.68 bits per heavy atom. The van der Waals surface area contributed by atoms with Crippen LogP contribution < -0.4 is 9.60 Å². The van der Waals surface area contributed by atoms with Gasteiger partial charge in [0.05, 0.1) is 20.8 Å². The lowest BCUT2D eigenvalue weighted by Crippen LogP contribution is -2.13. The molecule has 0 atom stereocenters. The van der Waals surface area contributed by atoms with Crippen LogP contribution in [0.5, 0.6) is 0 Å². The maximum atomic E-state index is 12.5. The molecule has 0 bridgehead atoms. The first-order valence-electron chi connectivity index (χ1n) is 6.59.